The lowest BCUT2D eigenvalue weighted by atomic mass is 10.0. The van der Waals surface area contributed by atoms with Crippen molar-refractivity contribution in [2.75, 3.05) is 40.5 Å². The van der Waals surface area contributed by atoms with Gasteiger partial charge in [0.2, 0.25) is 0 Å². The number of aliphatic hydroxyl groups is 1. The fourth-order valence-corrected chi connectivity index (χ4v) is 3.15. The molecule has 0 spiro atoms. The predicted octanol–water partition coefficient (Wildman–Crippen LogP) is 1.42. The summed E-state index contributed by atoms with van der Waals surface area (Å²) in [5, 5.41) is 12.0. The SMILES string of the molecule is CNCc1ccc(C(=O)N2CCO[C@@H](C(CCCCO)OC)C2)cc1. The van der Waals surface area contributed by atoms with Gasteiger partial charge in [0, 0.05) is 38.9 Å². The van der Waals surface area contributed by atoms with Crippen molar-refractivity contribution >= 4 is 5.91 Å². The Morgan fingerprint density at radius 2 is 2.16 bits per heavy atom. The number of hydrogen-bond acceptors (Lipinski definition) is 5. The van der Waals surface area contributed by atoms with Gasteiger partial charge in [-0.15, -0.1) is 0 Å². The first kappa shape index (κ1) is 19.8. The number of unbranched alkanes of at least 4 members (excludes halogenated alkanes) is 1. The Labute approximate surface area is 150 Å². The molecule has 1 aliphatic rings. The number of hydrogen-bond donors (Lipinski definition) is 2. The molecule has 2 rings (SSSR count). The fourth-order valence-electron chi connectivity index (χ4n) is 3.15. The molecule has 1 aromatic rings. The summed E-state index contributed by atoms with van der Waals surface area (Å²) in [6, 6.07) is 7.73. The Kier molecular flexibility index (Phi) is 8.34. The van der Waals surface area contributed by atoms with Crippen molar-refractivity contribution in [1.82, 2.24) is 10.2 Å². The maximum atomic E-state index is 12.8. The van der Waals surface area contributed by atoms with Gasteiger partial charge in [-0.1, -0.05) is 12.1 Å². The number of nitrogens with zero attached hydrogens (tertiary/aromatic N) is 1. The Morgan fingerprint density at radius 1 is 1.40 bits per heavy atom. The van der Waals surface area contributed by atoms with Crippen LogP contribution in [0.4, 0.5) is 0 Å². The number of carbonyl (C=O) groups is 1. The number of benzene rings is 1. The number of methoxy groups -OCH3 is 1. The lowest BCUT2D eigenvalue weighted by Gasteiger charge is -2.36. The van der Waals surface area contributed by atoms with E-state index in [1.165, 1.54) is 0 Å². The molecule has 1 saturated heterocycles. The highest BCUT2D eigenvalue weighted by Gasteiger charge is 2.30. The molecule has 140 valence electrons. The molecule has 6 heteroatoms. The average Bonchev–Trinajstić information content (AvgIpc) is 2.66. The van der Waals surface area contributed by atoms with E-state index >= 15 is 0 Å². The second kappa shape index (κ2) is 10.5. The monoisotopic (exact) mass is 350 g/mol. The quantitative estimate of drug-likeness (QED) is 0.659. The van der Waals surface area contributed by atoms with Gasteiger partial charge in [0.15, 0.2) is 0 Å². The summed E-state index contributed by atoms with van der Waals surface area (Å²) in [5.41, 5.74) is 1.86. The molecule has 1 unspecified atom stereocenters. The minimum atomic E-state index is -0.120. The fraction of sp³-hybridized carbons (Fsp3) is 0.632. The van der Waals surface area contributed by atoms with E-state index in [1.807, 2.05) is 36.2 Å². The van der Waals surface area contributed by atoms with Gasteiger partial charge in [-0.3, -0.25) is 4.79 Å². The number of amides is 1. The first-order valence-electron chi connectivity index (χ1n) is 8.97. The van der Waals surface area contributed by atoms with Crippen molar-refractivity contribution in [2.24, 2.45) is 0 Å². The van der Waals surface area contributed by atoms with Crippen molar-refractivity contribution < 1.29 is 19.4 Å². The second-order valence-electron chi connectivity index (χ2n) is 6.38. The molecule has 25 heavy (non-hydrogen) atoms. The van der Waals surface area contributed by atoms with Gasteiger partial charge >= 0.3 is 0 Å². The van der Waals surface area contributed by atoms with E-state index in [0.29, 0.717) is 25.3 Å². The van der Waals surface area contributed by atoms with E-state index in [4.69, 9.17) is 14.6 Å². The normalized spacial score (nSPS) is 19.0. The predicted molar refractivity (Wildman–Crippen MR) is 96.6 cm³/mol. The van der Waals surface area contributed by atoms with Gasteiger partial charge in [0.05, 0.1) is 12.7 Å². The molecule has 1 aliphatic heterocycles. The molecule has 6 nitrogen and oxygen atoms in total. The van der Waals surface area contributed by atoms with E-state index < -0.39 is 0 Å². The van der Waals surface area contributed by atoms with Crippen molar-refractivity contribution in [2.45, 2.75) is 38.0 Å². The summed E-state index contributed by atoms with van der Waals surface area (Å²) in [4.78, 5) is 14.6. The average molecular weight is 350 g/mol. The summed E-state index contributed by atoms with van der Waals surface area (Å²) in [6.07, 6.45) is 2.29. The minimum absolute atomic E-state index is 0.0366. The van der Waals surface area contributed by atoms with Gasteiger partial charge in [-0.2, -0.15) is 0 Å². The molecule has 1 aromatic carbocycles. The molecule has 0 saturated carbocycles. The highest BCUT2D eigenvalue weighted by atomic mass is 16.5. The van der Waals surface area contributed by atoms with Crippen LogP contribution in [0.2, 0.25) is 0 Å². The van der Waals surface area contributed by atoms with Crippen LogP contribution >= 0.6 is 0 Å². The van der Waals surface area contributed by atoms with E-state index in [9.17, 15) is 4.79 Å². The zero-order valence-electron chi connectivity index (χ0n) is 15.2. The van der Waals surface area contributed by atoms with Crippen LogP contribution in [0.5, 0.6) is 0 Å². The Balaban J connectivity index is 1.95. The lowest BCUT2D eigenvalue weighted by molar-refractivity contribution is -0.0959. The first-order valence-corrected chi connectivity index (χ1v) is 8.97. The summed E-state index contributed by atoms with van der Waals surface area (Å²) in [5.74, 6) is 0.0366. The van der Waals surface area contributed by atoms with Crippen LogP contribution in [-0.2, 0) is 16.0 Å². The van der Waals surface area contributed by atoms with Gasteiger partial charge in [0.1, 0.15) is 6.10 Å². The van der Waals surface area contributed by atoms with Crippen molar-refractivity contribution in [3.8, 4) is 0 Å². The topological polar surface area (TPSA) is 71.0 Å². The molecule has 2 N–H and O–H groups in total. The van der Waals surface area contributed by atoms with Crippen LogP contribution in [-0.4, -0.2) is 68.6 Å². The molecule has 0 radical (unpaired) electrons. The maximum Gasteiger partial charge on any atom is 0.254 e. The number of aliphatic hydroxyl groups excluding tert-OH is 1. The highest BCUT2D eigenvalue weighted by molar-refractivity contribution is 5.94. The molecule has 1 amide bonds. The molecule has 2 atom stereocenters. The van der Waals surface area contributed by atoms with Crippen LogP contribution in [0.3, 0.4) is 0 Å². The number of morpholine rings is 1. The Morgan fingerprint density at radius 3 is 2.80 bits per heavy atom. The smallest absolute Gasteiger partial charge is 0.254 e. The van der Waals surface area contributed by atoms with Gasteiger partial charge < -0.3 is 24.8 Å². The van der Waals surface area contributed by atoms with Gasteiger partial charge in [0.25, 0.3) is 5.91 Å². The highest BCUT2D eigenvalue weighted by Crippen LogP contribution is 2.18. The van der Waals surface area contributed by atoms with E-state index in [0.717, 1.165) is 31.4 Å². The lowest BCUT2D eigenvalue weighted by Crippen LogP contribution is -2.50. The summed E-state index contributed by atoms with van der Waals surface area (Å²) >= 11 is 0. The zero-order chi connectivity index (χ0) is 18.1. The molecule has 0 aromatic heterocycles. The van der Waals surface area contributed by atoms with Crippen molar-refractivity contribution in [3.63, 3.8) is 0 Å². The van der Waals surface area contributed by atoms with Crippen LogP contribution < -0.4 is 5.32 Å². The van der Waals surface area contributed by atoms with Crippen LogP contribution in [0.25, 0.3) is 0 Å². The van der Waals surface area contributed by atoms with Gasteiger partial charge in [-0.05, 0) is 44.0 Å². The van der Waals surface area contributed by atoms with Crippen LogP contribution in [0.1, 0.15) is 35.2 Å². The molecular weight excluding hydrogens is 320 g/mol. The molecular formula is C19H30N2O4. The molecule has 1 fully saturated rings. The number of ether oxygens (including phenoxy) is 2. The molecule has 1 heterocycles. The van der Waals surface area contributed by atoms with E-state index in [1.54, 1.807) is 7.11 Å². The van der Waals surface area contributed by atoms with E-state index in [2.05, 4.69) is 5.32 Å². The maximum absolute atomic E-state index is 12.8. The largest absolute Gasteiger partial charge is 0.396 e. The third-order valence-electron chi connectivity index (χ3n) is 4.58. The number of nitrogens with one attached hydrogen (secondary N) is 1. The Hall–Kier alpha value is -1.47. The number of carbonyl (C=O) groups excluding carboxylic acids is 1. The van der Waals surface area contributed by atoms with Crippen molar-refractivity contribution in [3.05, 3.63) is 35.4 Å². The summed E-state index contributed by atoms with van der Waals surface area (Å²) < 4.78 is 11.4. The van der Waals surface area contributed by atoms with Crippen LogP contribution in [0, 0.1) is 0 Å². The van der Waals surface area contributed by atoms with Crippen LogP contribution in [0.15, 0.2) is 24.3 Å². The zero-order valence-corrected chi connectivity index (χ0v) is 15.2. The first-order chi connectivity index (χ1) is 12.2. The minimum Gasteiger partial charge on any atom is -0.396 e. The third kappa shape index (κ3) is 5.78. The number of rotatable bonds is 9. The Bertz CT molecular complexity index is 521. The summed E-state index contributed by atoms with van der Waals surface area (Å²) in [7, 11) is 3.58. The second-order valence-corrected chi connectivity index (χ2v) is 6.38. The molecule has 0 aliphatic carbocycles. The van der Waals surface area contributed by atoms with Gasteiger partial charge in [-0.25, -0.2) is 0 Å². The molecule has 0 bridgehead atoms. The standard InChI is InChI=1S/C19H30N2O4/c1-20-13-15-6-8-16(9-7-15)19(23)21-10-12-25-18(14-21)17(24-2)5-3-4-11-22/h6-9,17-18,20,22H,3-5,10-14H2,1-2H3/t17?,18-/m1/s1. The van der Waals surface area contributed by atoms with E-state index in [-0.39, 0.29) is 24.7 Å². The third-order valence-corrected chi connectivity index (χ3v) is 4.58. The summed E-state index contributed by atoms with van der Waals surface area (Å²) in [6.45, 7) is 2.64. The van der Waals surface area contributed by atoms with Crippen molar-refractivity contribution in [1.29, 1.82) is 0 Å².